The van der Waals surface area contributed by atoms with E-state index in [-0.39, 0.29) is 42.5 Å². The molecule has 0 unspecified atom stereocenters. The molecule has 0 aliphatic heterocycles. The SMILES string of the molecule is CCC(C)(CC)C(=O)/C=C(\O)C(C)(CC)CC.Cc1ccc2c(c1)oc1c(-c3nc(C)nc4c3ccc3ccc[c]([Ge]([CH3])([CH3])[CH3])c34)[c-]ccc12.[Ir]. The van der Waals surface area contributed by atoms with Crippen molar-refractivity contribution in [3.8, 4) is 11.3 Å². The van der Waals surface area contributed by atoms with Gasteiger partial charge in [-0.15, -0.1) is 0 Å². The van der Waals surface area contributed by atoms with Crippen LogP contribution in [0, 0.1) is 30.7 Å². The minimum absolute atomic E-state index is 0. The van der Waals surface area contributed by atoms with Gasteiger partial charge >= 0.3 is 196 Å². The predicted octanol–water partition coefficient (Wildman–Crippen LogP) is 12.0. The van der Waals surface area contributed by atoms with Crippen LogP contribution in [0.1, 0.15) is 78.6 Å². The molecular formula is C44H53GeIrN2O3-. The van der Waals surface area contributed by atoms with E-state index in [1.807, 2.05) is 54.5 Å². The maximum absolute atomic E-state index is 12.2. The van der Waals surface area contributed by atoms with Crippen LogP contribution >= 0.6 is 0 Å². The summed E-state index contributed by atoms with van der Waals surface area (Å²) in [6.45, 7) is 16.1. The second-order valence-electron chi connectivity index (χ2n) is 15.4. The molecule has 0 bridgehead atoms. The van der Waals surface area contributed by atoms with Crippen molar-refractivity contribution in [1.82, 2.24) is 9.97 Å². The molecular weight excluding hydrogens is 869 g/mol. The molecule has 6 aromatic rings. The van der Waals surface area contributed by atoms with Crippen LogP contribution in [-0.2, 0) is 24.9 Å². The van der Waals surface area contributed by atoms with Gasteiger partial charge in [0.2, 0.25) is 0 Å². The van der Waals surface area contributed by atoms with E-state index in [1.54, 1.807) is 0 Å². The summed E-state index contributed by atoms with van der Waals surface area (Å²) >= 11 is -2.14. The fourth-order valence-electron chi connectivity index (χ4n) is 6.60. The minimum atomic E-state index is -2.14. The fourth-order valence-corrected chi connectivity index (χ4v) is 9.98. The molecule has 2 heterocycles. The molecule has 4 aromatic carbocycles. The van der Waals surface area contributed by atoms with Crippen molar-refractivity contribution in [3.63, 3.8) is 0 Å². The van der Waals surface area contributed by atoms with Gasteiger partial charge < -0.3 is 5.11 Å². The molecule has 0 aliphatic rings. The van der Waals surface area contributed by atoms with E-state index in [2.05, 4.69) is 84.9 Å². The van der Waals surface area contributed by atoms with Crippen LogP contribution in [0.3, 0.4) is 0 Å². The van der Waals surface area contributed by atoms with Gasteiger partial charge in [0.25, 0.3) is 0 Å². The van der Waals surface area contributed by atoms with Crippen LogP contribution in [0.15, 0.2) is 76.9 Å². The monoisotopic (exact) mass is 924 g/mol. The molecule has 5 nitrogen and oxygen atoms in total. The second kappa shape index (κ2) is 15.7. The quantitative estimate of drug-likeness (QED) is 0.0514. The Labute approximate surface area is 320 Å². The summed E-state index contributed by atoms with van der Waals surface area (Å²) in [4.78, 5) is 22.1. The van der Waals surface area contributed by atoms with Gasteiger partial charge in [-0.3, -0.25) is 4.79 Å². The Morgan fingerprint density at radius 1 is 0.863 bits per heavy atom. The number of hydrogen-bond acceptors (Lipinski definition) is 5. The van der Waals surface area contributed by atoms with Gasteiger partial charge in [0, 0.05) is 37.0 Å². The molecule has 51 heavy (non-hydrogen) atoms. The number of carbonyl (C=O) groups is 1. The Bertz CT molecular complexity index is 2240. The summed E-state index contributed by atoms with van der Waals surface area (Å²) in [5, 5.41) is 15.9. The summed E-state index contributed by atoms with van der Waals surface area (Å²) < 4.78 is 7.87. The van der Waals surface area contributed by atoms with E-state index in [0.29, 0.717) is 0 Å². The molecule has 0 spiro atoms. The third-order valence-electron chi connectivity index (χ3n) is 11.1. The predicted molar refractivity (Wildman–Crippen MR) is 214 cm³/mol. The van der Waals surface area contributed by atoms with E-state index in [1.165, 1.54) is 26.8 Å². The van der Waals surface area contributed by atoms with Crippen molar-refractivity contribution in [2.45, 2.75) is 98.3 Å². The number of aliphatic hydroxyl groups is 1. The number of fused-ring (bicyclic) bond motifs is 6. The summed E-state index contributed by atoms with van der Waals surface area (Å²) in [6.07, 6.45) is 4.75. The fraction of sp³-hybridized carbons (Fsp3) is 0.386. The topological polar surface area (TPSA) is 76.2 Å². The number of allylic oxidation sites excluding steroid dienone is 2. The van der Waals surface area contributed by atoms with Crippen molar-refractivity contribution in [2.24, 2.45) is 10.8 Å². The van der Waals surface area contributed by atoms with E-state index >= 15 is 0 Å². The van der Waals surface area contributed by atoms with Gasteiger partial charge in [0.15, 0.2) is 5.78 Å². The Morgan fingerprint density at radius 3 is 2.14 bits per heavy atom. The van der Waals surface area contributed by atoms with E-state index in [9.17, 15) is 9.90 Å². The first-order valence-corrected chi connectivity index (χ1v) is 25.4. The Kier molecular flexibility index (Phi) is 12.5. The zero-order valence-electron chi connectivity index (χ0n) is 32.2. The molecule has 0 atom stereocenters. The standard InChI is InChI=1S/C29H25GeN2O.C15H28O2.Ir/c1-17-12-14-20-21-9-7-10-23(29(21)33-25(20)16-17)27-22-15-13-19-8-6-11-24(30(3,4)5)26(19)28(22)32-18(2)31-27;1-7-14(5,8-2)12(16)11-13(17)15(6,9-3)10-4;/h6-9,11-16H,1-5H3;11,16H,7-10H2,1-6H3;/q-1;;/b;12-11-;. The number of aromatic nitrogens is 2. The third kappa shape index (κ3) is 7.89. The van der Waals surface area contributed by atoms with Crippen LogP contribution in [0.2, 0.25) is 17.3 Å². The first-order valence-electron chi connectivity index (χ1n) is 18.1. The van der Waals surface area contributed by atoms with Crippen molar-refractivity contribution in [1.29, 1.82) is 0 Å². The zero-order valence-corrected chi connectivity index (χ0v) is 36.7. The van der Waals surface area contributed by atoms with Crippen LogP contribution in [-0.4, -0.2) is 34.1 Å². The molecule has 2 aromatic heterocycles. The van der Waals surface area contributed by atoms with E-state index in [0.717, 1.165) is 75.6 Å². The molecule has 0 saturated heterocycles. The van der Waals surface area contributed by atoms with Crippen molar-refractivity contribution < 1.29 is 34.4 Å². The van der Waals surface area contributed by atoms with Crippen LogP contribution in [0.5, 0.6) is 0 Å². The maximum Gasteiger partial charge on any atom is 0 e. The number of benzene rings is 4. The average molecular weight is 923 g/mol. The molecule has 0 aliphatic carbocycles. The molecule has 6 rings (SSSR count). The number of aliphatic hydroxyl groups excluding tert-OH is 1. The number of hydrogen-bond donors (Lipinski definition) is 1. The van der Waals surface area contributed by atoms with Gasteiger partial charge in [-0.1, -0.05) is 41.5 Å². The molecule has 0 saturated carbocycles. The number of furan rings is 1. The Morgan fingerprint density at radius 2 is 1.51 bits per heavy atom. The Balaban J connectivity index is 0.000000279. The summed E-state index contributed by atoms with van der Waals surface area (Å²) in [7, 11) is 0. The van der Waals surface area contributed by atoms with Crippen LogP contribution in [0.4, 0.5) is 0 Å². The largest absolute Gasteiger partial charge is 0 e. The maximum atomic E-state index is 12.2. The summed E-state index contributed by atoms with van der Waals surface area (Å²) in [6, 6.07) is 24.9. The third-order valence-corrected chi connectivity index (χ3v) is 15.3. The molecule has 1 radical (unpaired) electrons. The molecule has 0 amide bonds. The van der Waals surface area contributed by atoms with Gasteiger partial charge in [0.1, 0.15) is 5.76 Å². The van der Waals surface area contributed by atoms with Crippen molar-refractivity contribution in [2.75, 3.05) is 0 Å². The molecule has 1 N–H and O–H groups in total. The molecule has 271 valence electrons. The number of nitrogens with zero attached hydrogens (tertiary/aromatic N) is 2. The van der Waals surface area contributed by atoms with Crippen LogP contribution in [0.25, 0.3) is 54.9 Å². The Hall–Kier alpha value is -3.32. The van der Waals surface area contributed by atoms with Gasteiger partial charge in [-0.05, 0) is 25.7 Å². The second-order valence-corrected chi connectivity index (χ2v) is 25.9. The smallest absolute Gasteiger partial charge is 0 e. The van der Waals surface area contributed by atoms with Gasteiger partial charge in [-0.2, -0.15) is 0 Å². The first kappa shape index (κ1) is 40.5. The van der Waals surface area contributed by atoms with Crippen LogP contribution < -0.4 is 4.40 Å². The van der Waals surface area contributed by atoms with Gasteiger partial charge in [-0.25, -0.2) is 0 Å². The zero-order chi connectivity index (χ0) is 36.6. The summed E-state index contributed by atoms with van der Waals surface area (Å²) in [5.74, 6) is 8.36. The average Bonchev–Trinajstić information content (AvgIpc) is 3.47. The molecule has 7 heteroatoms. The van der Waals surface area contributed by atoms with Crippen molar-refractivity contribution in [3.05, 3.63) is 90.0 Å². The van der Waals surface area contributed by atoms with Crippen molar-refractivity contribution >= 4 is 67.1 Å². The summed E-state index contributed by atoms with van der Waals surface area (Å²) in [5.41, 5.74) is 5.12. The van der Waals surface area contributed by atoms with E-state index < -0.39 is 13.3 Å². The normalized spacial score (nSPS) is 12.6. The number of aryl methyl sites for hydroxylation is 2. The number of carbonyl (C=O) groups excluding carboxylic acids is 1. The minimum Gasteiger partial charge on any atom is 0 e. The number of rotatable bonds is 9. The van der Waals surface area contributed by atoms with E-state index in [4.69, 9.17) is 14.4 Å². The number of ketones is 1. The van der Waals surface area contributed by atoms with Gasteiger partial charge in [0.05, 0.1) is 0 Å². The first-order chi connectivity index (χ1) is 23.6. The molecule has 0 fully saturated rings.